The normalized spacial score (nSPS) is 14.0. The van der Waals surface area contributed by atoms with Crippen molar-refractivity contribution in [1.29, 1.82) is 0 Å². The van der Waals surface area contributed by atoms with E-state index < -0.39 is 0 Å². The Morgan fingerprint density at radius 1 is 1.20 bits per heavy atom. The topological polar surface area (TPSA) is 68.9 Å². The molecule has 0 aliphatic heterocycles. The van der Waals surface area contributed by atoms with Gasteiger partial charge >= 0.3 is 0 Å². The summed E-state index contributed by atoms with van der Waals surface area (Å²) in [7, 11) is 0. The van der Waals surface area contributed by atoms with Gasteiger partial charge in [-0.2, -0.15) is 5.10 Å². The molecular formula is C23H25ClN4O2. The van der Waals surface area contributed by atoms with Crippen LogP contribution in [0.25, 0.3) is 0 Å². The Hall–Kier alpha value is -2.86. The molecule has 7 heteroatoms. The largest absolute Gasteiger partial charge is 0.319 e. The molecule has 4 rings (SSSR count). The average molecular weight is 425 g/mol. The van der Waals surface area contributed by atoms with Crippen LogP contribution in [-0.4, -0.2) is 20.3 Å². The number of rotatable bonds is 5. The van der Waals surface area contributed by atoms with Gasteiger partial charge in [0.05, 0.1) is 23.5 Å². The smallest absolute Gasteiger partial charge is 0.274 e. The number of nitrogens with one attached hydrogen (secondary N) is 1. The van der Waals surface area contributed by atoms with E-state index in [0.717, 1.165) is 24.1 Å². The van der Waals surface area contributed by atoms with Gasteiger partial charge < -0.3 is 9.88 Å². The molecule has 30 heavy (non-hydrogen) atoms. The van der Waals surface area contributed by atoms with Crippen LogP contribution < -0.4 is 10.9 Å². The monoisotopic (exact) mass is 424 g/mol. The van der Waals surface area contributed by atoms with Crippen LogP contribution in [0, 0.1) is 0 Å². The van der Waals surface area contributed by atoms with E-state index in [9.17, 15) is 9.59 Å². The van der Waals surface area contributed by atoms with E-state index in [1.807, 2.05) is 45.0 Å². The molecule has 1 aliphatic rings. The van der Waals surface area contributed by atoms with Gasteiger partial charge in [0, 0.05) is 23.2 Å². The van der Waals surface area contributed by atoms with Gasteiger partial charge in [-0.05, 0) is 57.4 Å². The molecule has 0 saturated heterocycles. The minimum absolute atomic E-state index is 0.163. The van der Waals surface area contributed by atoms with Crippen LogP contribution in [0.4, 0.5) is 5.69 Å². The first-order valence-corrected chi connectivity index (χ1v) is 10.5. The lowest BCUT2D eigenvalue weighted by Gasteiger charge is -2.22. The number of carbonyl (C=O) groups excluding carboxylic acids is 1. The molecule has 0 bridgehead atoms. The first-order chi connectivity index (χ1) is 14.2. The summed E-state index contributed by atoms with van der Waals surface area (Å²) in [6, 6.07) is 12.3. The van der Waals surface area contributed by atoms with Gasteiger partial charge in [-0.15, -0.1) is 0 Å². The second-order valence-corrected chi connectivity index (χ2v) is 9.15. The number of pyridine rings is 1. The van der Waals surface area contributed by atoms with Gasteiger partial charge in [0.15, 0.2) is 0 Å². The Kier molecular flexibility index (Phi) is 5.28. The Labute approximate surface area is 180 Å². The van der Waals surface area contributed by atoms with Crippen LogP contribution in [0.2, 0.25) is 5.02 Å². The van der Waals surface area contributed by atoms with Gasteiger partial charge in [-0.1, -0.05) is 29.8 Å². The summed E-state index contributed by atoms with van der Waals surface area (Å²) in [5.74, 6) is 0.213. The van der Waals surface area contributed by atoms with E-state index in [0.29, 0.717) is 28.9 Å². The fraction of sp³-hybridized carbons (Fsp3) is 0.348. The molecule has 1 aromatic carbocycles. The van der Waals surface area contributed by atoms with Gasteiger partial charge in [0.1, 0.15) is 5.69 Å². The SMILES string of the molecule is CC(C)(C)n1nc(C2CC2)cc1C(=O)Nc1ccc(=O)n(Cc2ccccc2Cl)c1. The Balaban J connectivity index is 1.60. The van der Waals surface area contributed by atoms with Crippen molar-refractivity contribution >= 4 is 23.2 Å². The molecule has 156 valence electrons. The molecule has 6 nitrogen and oxygen atoms in total. The Morgan fingerprint density at radius 2 is 1.93 bits per heavy atom. The Bertz CT molecular complexity index is 1150. The molecule has 3 aromatic rings. The maximum atomic E-state index is 13.1. The highest BCUT2D eigenvalue weighted by Crippen LogP contribution is 2.40. The number of hydrogen-bond acceptors (Lipinski definition) is 3. The molecule has 0 unspecified atom stereocenters. The first kappa shape index (κ1) is 20.4. The Morgan fingerprint density at radius 3 is 2.60 bits per heavy atom. The fourth-order valence-corrected chi connectivity index (χ4v) is 3.58. The third-order valence-corrected chi connectivity index (χ3v) is 5.50. The number of amides is 1. The molecule has 0 spiro atoms. The predicted molar refractivity (Wildman–Crippen MR) is 118 cm³/mol. The van der Waals surface area contributed by atoms with Crippen LogP contribution >= 0.6 is 11.6 Å². The third-order valence-electron chi connectivity index (χ3n) is 5.13. The van der Waals surface area contributed by atoms with Crippen molar-refractivity contribution in [3.8, 4) is 0 Å². The van der Waals surface area contributed by atoms with Crippen molar-refractivity contribution in [2.24, 2.45) is 0 Å². The lowest BCUT2D eigenvalue weighted by molar-refractivity contribution is 0.100. The first-order valence-electron chi connectivity index (χ1n) is 10.1. The van der Waals surface area contributed by atoms with Gasteiger partial charge in [-0.3, -0.25) is 14.3 Å². The zero-order valence-corrected chi connectivity index (χ0v) is 18.1. The van der Waals surface area contributed by atoms with E-state index in [-0.39, 0.29) is 17.0 Å². The fourth-order valence-electron chi connectivity index (χ4n) is 3.39. The van der Waals surface area contributed by atoms with Crippen molar-refractivity contribution in [3.05, 3.63) is 81.0 Å². The van der Waals surface area contributed by atoms with Crippen LogP contribution in [0.15, 0.2) is 53.5 Å². The molecule has 1 fully saturated rings. The maximum absolute atomic E-state index is 13.1. The number of nitrogens with zero attached hydrogens (tertiary/aromatic N) is 3. The number of carbonyl (C=O) groups is 1. The highest BCUT2D eigenvalue weighted by atomic mass is 35.5. The standard InChI is InChI=1S/C23H25ClN4O2/c1-23(2,3)28-20(12-19(26-28)15-8-9-15)22(30)25-17-10-11-21(29)27(14-17)13-16-6-4-5-7-18(16)24/h4-7,10-12,14-15H,8-9,13H2,1-3H3,(H,25,30). The van der Waals surface area contributed by atoms with Gasteiger partial charge in [0.25, 0.3) is 11.5 Å². The molecule has 2 aromatic heterocycles. The van der Waals surface area contributed by atoms with Crippen molar-refractivity contribution < 1.29 is 4.79 Å². The second-order valence-electron chi connectivity index (χ2n) is 8.74. The van der Waals surface area contributed by atoms with Crippen molar-refractivity contribution in [1.82, 2.24) is 14.3 Å². The number of benzene rings is 1. The number of halogens is 1. The zero-order chi connectivity index (χ0) is 21.5. The molecule has 1 aliphatic carbocycles. The predicted octanol–water partition coefficient (Wildman–Crippen LogP) is 4.63. The third kappa shape index (κ3) is 4.33. The minimum atomic E-state index is -0.317. The summed E-state index contributed by atoms with van der Waals surface area (Å²) >= 11 is 6.23. The van der Waals surface area contributed by atoms with Crippen LogP contribution in [-0.2, 0) is 12.1 Å². The molecule has 0 radical (unpaired) electrons. The summed E-state index contributed by atoms with van der Waals surface area (Å²) < 4.78 is 3.32. The van der Waals surface area contributed by atoms with Crippen molar-refractivity contribution in [3.63, 3.8) is 0 Å². The number of anilines is 1. The van der Waals surface area contributed by atoms with Crippen molar-refractivity contribution in [2.45, 2.75) is 51.6 Å². The zero-order valence-electron chi connectivity index (χ0n) is 17.4. The van der Waals surface area contributed by atoms with E-state index in [4.69, 9.17) is 11.6 Å². The van der Waals surface area contributed by atoms with Gasteiger partial charge in [0.2, 0.25) is 0 Å². The second kappa shape index (κ2) is 7.76. The molecule has 0 atom stereocenters. The molecule has 2 heterocycles. The summed E-state index contributed by atoms with van der Waals surface area (Å²) in [5, 5.41) is 8.21. The summed E-state index contributed by atoms with van der Waals surface area (Å²) in [4.78, 5) is 25.4. The molecule has 1 saturated carbocycles. The summed E-state index contributed by atoms with van der Waals surface area (Å²) in [5.41, 5.74) is 2.39. The van der Waals surface area contributed by atoms with Crippen LogP contribution in [0.1, 0.15) is 61.3 Å². The minimum Gasteiger partial charge on any atom is -0.319 e. The van der Waals surface area contributed by atoms with E-state index >= 15 is 0 Å². The van der Waals surface area contributed by atoms with Crippen molar-refractivity contribution in [2.75, 3.05) is 5.32 Å². The quantitative estimate of drug-likeness (QED) is 0.649. The lowest BCUT2D eigenvalue weighted by Crippen LogP contribution is -2.29. The van der Waals surface area contributed by atoms with Crippen LogP contribution in [0.5, 0.6) is 0 Å². The number of aromatic nitrogens is 3. The highest BCUT2D eigenvalue weighted by molar-refractivity contribution is 6.31. The average Bonchev–Trinajstić information content (AvgIpc) is 3.43. The summed E-state index contributed by atoms with van der Waals surface area (Å²) in [6.45, 7) is 6.40. The van der Waals surface area contributed by atoms with Crippen LogP contribution in [0.3, 0.4) is 0 Å². The maximum Gasteiger partial charge on any atom is 0.274 e. The molecule has 1 N–H and O–H groups in total. The highest BCUT2D eigenvalue weighted by Gasteiger charge is 2.31. The molecular weight excluding hydrogens is 400 g/mol. The lowest BCUT2D eigenvalue weighted by atomic mass is 10.1. The van der Waals surface area contributed by atoms with Gasteiger partial charge in [-0.25, -0.2) is 0 Å². The van der Waals surface area contributed by atoms with E-state index in [1.165, 1.54) is 10.6 Å². The molecule has 1 amide bonds. The van der Waals surface area contributed by atoms with E-state index in [1.54, 1.807) is 23.0 Å². The summed E-state index contributed by atoms with van der Waals surface area (Å²) in [6.07, 6.45) is 3.88. The number of hydrogen-bond donors (Lipinski definition) is 1. The van der Waals surface area contributed by atoms with E-state index in [2.05, 4.69) is 10.4 Å².